The first-order valence-electron chi connectivity index (χ1n) is 5.56. The summed E-state index contributed by atoms with van der Waals surface area (Å²) >= 11 is 0. The highest BCUT2D eigenvalue weighted by atomic mass is 19.1. The lowest BCUT2D eigenvalue weighted by Gasteiger charge is -2.16. The number of nitrogens with zero attached hydrogens (tertiary/aromatic N) is 2. The van der Waals surface area contributed by atoms with Gasteiger partial charge in [-0.3, -0.25) is 5.10 Å². The van der Waals surface area contributed by atoms with Crippen molar-refractivity contribution in [3.05, 3.63) is 47.3 Å². The van der Waals surface area contributed by atoms with E-state index in [4.69, 9.17) is 0 Å². The molecule has 1 atom stereocenters. The summed E-state index contributed by atoms with van der Waals surface area (Å²) in [6.45, 7) is 4.63. The molecule has 4 nitrogen and oxygen atoms in total. The van der Waals surface area contributed by atoms with Crippen LogP contribution in [0.3, 0.4) is 0 Å². The van der Waals surface area contributed by atoms with Crippen molar-refractivity contribution in [3.63, 3.8) is 0 Å². The minimum Gasteiger partial charge on any atom is -0.304 e. The van der Waals surface area contributed by atoms with Crippen molar-refractivity contribution in [2.75, 3.05) is 6.54 Å². The van der Waals surface area contributed by atoms with Gasteiger partial charge in [-0.05, 0) is 36.7 Å². The van der Waals surface area contributed by atoms with E-state index < -0.39 is 0 Å². The molecule has 0 fully saturated rings. The first-order chi connectivity index (χ1) is 8.20. The predicted octanol–water partition coefficient (Wildman–Crippen LogP) is 1.95. The van der Waals surface area contributed by atoms with Gasteiger partial charge in [0.2, 0.25) is 0 Å². The third-order valence-electron chi connectivity index (χ3n) is 2.51. The lowest BCUT2D eigenvalue weighted by molar-refractivity contribution is 0.584. The molecule has 1 aromatic carbocycles. The zero-order valence-corrected chi connectivity index (χ0v) is 9.87. The third kappa shape index (κ3) is 2.68. The Morgan fingerprint density at radius 3 is 2.82 bits per heavy atom. The first-order valence-corrected chi connectivity index (χ1v) is 5.56. The van der Waals surface area contributed by atoms with E-state index in [2.05, 4.69) is 20.5 Å². The van der Waals surface area contributed by atoms with Crippen molar-refractivity contribution in [1.82, 2.24) is 20.5 Å². The molecule has 0 aliphatic carbocycles. The van der Waals surface area contributed by atoms with Gasteiger partial charge in [0.25, 0.3) is 0 Å². The van der Waals surface area contributed by atoms with Gasteiger partial charge in [0, 0.05) is 0 Å². The van der Waals surface area contributed by atoms with Crippen LogP contribution in [-0.4, -0.2) is 21.7 Å². The highest BCUT2D eigenvalue weighted by Crippen LogP contribution is 2.20. The monoisotopic (exact) mass is 234 g/mol. The van der Waals surface area contributed by atoms with Gasteiger partial charge >= 0.3 is 0 Å². The number of aromatic amines is 1. The molecule has 0 spiro atoms. The van der Waals surface area contributed by atoms with Crippen LogP contribution in [0.2, 0.25) is 0 Å². The molecule has 0 amide bonds. The third-order valence-corrected chi connectivity index (χ3v) is 2.51. The molecule has 2 rings (SSSR count). The van der Waals surface area contributed by atoms with Gasteiger partial charge in [0.15, 0.2) is 0 Å². The Morgan fingerprint density at radius 1 is 1.41 bits per heavy atom. The number of rotatable bonds is 4. The Balaban J connectivity index is 2.38. The zero-order chi connectivity index (χ0) is 12.3. The van der Waals surface area contributed by atoms with Crippen molar-refractivity contribution in [1.29, 1.82) is 0 Å². The molecule has 1 unspecified atom stereocenters. The second-order valence-corrected chi connectivity index (χ2v) is 3.92. The Morgan fingerprint density at radius 2 is 2.24 bits per heavy atom. The molecule has 1 heterocycles. The van der Waals surface area contributed by atoms with E-state index in [0.717, 1.165) is 17.7 Å². The van der Waals surface area contributed by atoms with Gasteiger partial charge in [-0.2, -0.15) is 5.10 Å². The number of hydrogen-bond acceptors (Lipinski definition) is 3. The SMILES string of the molecule is CCNC(c1cc(C)cc(F)c1)c1ncn[nH]1. The minimum atomic E-state index is -0.234. The van der Waals surface area contributed by atoms with Gasteiger partial charge in [-0.1, -0.05) is 13.0 Å². The predicted molar refractivity (Wildman–Crippen MR) is 63.0 cm³/mol. The van der Waals surface area contributed by atoms with E-state index in [1.807, 2.05) is 19.9 Å². The molecule has 0 aliphatic heterocycles. The molecule has 17 heavy (non-hydrogen) atoms. The van der Waals surface area contributed by atoms with Gasteiger partial charge in [0.05, 0.1) is 6.04 Å². The van der Waals surface area contributed by atoms with Crippen LogP contribution in [0.4, 0.5) is 4.39 Å². The molecule has 0 radical (unpaired) electrons. The smallest absolute Gasteiger partial charge is 0.145 e. The molecule has 1 aromatic heterocycles. The van der Waals surface area contributed by atoms with Crippen LogP contribution in [0.15, 0.2) is 24.5 Å². The van der Waals surface area contributed by atoms with Crippen molar-refractivity contribution in [2.45, 2.75) is 19.9 Å². The fourth-order valence-corrected chi connectivity index (χ4v) is 1.86. The van der Waals surface area contributed by atoms with Gasteiger partial charge < -0.3 is 5.32 Å². The number of benzene rings is 1. The molecule has 5 heteroatoms. The zero-order valence-electron chi connectivity index (χ0n) is 9.87. The van der Waals surface area contributed by atoms with Crippen molar-refractivity contribution in [3.8, 4) is 0 Å². The molecular weight excluding hydrogens is 219 g/mol. The number of aromatic nitrogens is 3. The van der Waals surface area contributed by atoms with Crippen LogP contribution in [-0.2, 0) is 0 Å². The second-order valence-electron chi connectivity index (χ2n) is 3.92. The molecule has 0 aliphatic rings. The number of nitrogens with one attached hydrogen (secondary N) is 2. The minimum absolute atomic E-state index is 0.156. The highest BCUT2D eigenvalue weighted by Gasteiger charge is 2.16. The van der Waals surface area contributed by atoms with Gasteiger partial charge in [-0.25, -0.2) is 9.37 Å². The lowest BCUT2D eigenvalue weighted by Crippen LogP contribution is -2.23. The summed E-state index contributed by atoms with van der Waals surface area (Å²) in [6, 6.07) is 4.81. The summed E-state index contributed by atoms with van der Waals surface area (Å²) in [4.78, 5) is 4.12. The number of aryl methyl sites for hydroxylation is 1. The fourth-order valence-electron chi connectivity index (χ4n) is 1.86. The van der Waals surface area contributed by atoms with Crippen LogP contribution in [0.5, 0.6) is 0 Å². The van der Waals surface area contributed by atoms with Crippen LogP contribution in [0, 0.1) is 12.7 Å². The topological polar surface area (TPSA) is 53.6 Å². The van der Waals surface area contributed by atoms with Crippen LogP contribution in [0.1, 0.15) is 29.9 Å². The summed E-state index contributed by atoms with van der Waals surface area (Å²) in [5.74, 6) is 0.458. The summed E-state index contributed by atoms with van der Waals surface area (Å²) in [6.07, 6.45) is 1.45. The largest absolute Gasteiger partial charge is 0.304 e. The average Bonchev–Trinajstić information content (AvgIpc) is 2.77. The van der Waals surface area contributed by atoms with Crippen molar-refractivity contribution >= 4 is 0 Å². The molecule has 90 valence electrons. The Hall–Kier alpha value is -1.75. The van der Waals surface area contributed by atoms with Crippen molar-refractivity contribution in [2.24, 2.45) is 0 Å². The molecule has 2 aromatic rings. The van der Waals surface area contributed by atoms with E-state index in [-0.39, 0.29) is 11.9 Å². The molecular formula is C12H15FN4. The standard InChI is InChI=1S/C12H15FN4/c1-3-14-11(12-15-7-16-17-12)9-4-8(2)5-10(13)6-9/h4-7,11,14H,3H2,1-2H3,(H,15,16,17). The molecule has 0 saturated heterocycles. The second kappa shape index (κ2) is 5.05. The summed E-state index contributed by atoms with van der Waals surface area (Å²) < 4.78 is 13.4. The molecule has 0 saturated carbocycles. The lowest BCUT2D eigenvalue weighted by atomic mass is 10.0. The summed E-state index contributed by atoms with van der Waals surface area (Å²) in [5.41, 5.74) is 1.74. The average molecular weight is 234 g/mol. The Labute approximate surface area is 99.3 Å². The molecule has 2 N–H and O–H groups in total. The van der Waals surface area contributed by atoms with E-state index >= 15 is 0 Å². The number of hydrogen-bond donors (Lipinski definition) is 2. The van der Waals surface area contributed by atoms with Crippen LogP contribution in [0.25, 0.3) is 0 Å². The Bertz CT molecular complexity index is 461. The fraction of sp³-hybridized carbons (Fsp3) is 0.333. The summed E-state index contributed by atoms with van der Waals surface area (Å²) in [7, 11) is 0. The van der Waals surface area contributed by atoms with Crippen LogP contribution >= 0.6 is 0 Å². The van der Waals surface area contributed by atoms with Crippen LogP contribution < -0.4 is 5.32 Å². The normalized spacial score (nSPS) is 12.6. The molecule has 0 bridgehead atoms. The Kier molecular flexibility index (Phi) is 3.49. The number of H-pyrrole nitrogens is 1. The number of halogens is 1. The van der Waals surface area contributed by atoms with E-state index in [1.165, 1.54) is 18.5 Å². The quantitative estimate of drug-likeness (QED) is 0.850. The van der Waals surface area contributed by atoms with Crippen molar-refractivity contribution < 1.29 is 4.39 Å². The first kappa shape index (κ1) is 11.7. The van der Waals surface area contributed by atoms with E-state index in [9.17, 15) is 4.39 Å². The maximum atomic E-state index is 13.4. The van der Waals surface area contributed by atoms with E-state index in [0.29, 0.717) is 5.82 Å². The maximum absolute atomic E-state index is 13.4. The van der Waals surface area contributed by atoms with E-state index in [1.54, 1.807) is 0 Å². The van der Waals surface area contributed by atoms with Gasteiger partial charge in [-0.15, -0.1) is 0 Å². The summed E-state index contributed by atoms with van der Waals surface area (Å²) in [5, 5.41) is 9.89. The highest BCUT2D eigenvalue weighted by molar-refractivity contribution is 5.29. The maximum Gasteiger partial charge on any atom is 0.145 e. The van der Waals surface area contributed by atoms with Gasteiger partial charge in [0.1, 0.15) is 18.0 Å².